The monoisotopic (exact) mass is 277 g/mol. The third-order valence-corrected chi connectivity index (χ3v) is 3.31. The fraction of sp³-hybridized carbons (Fsp3) is 0.125. The second-order valence-electron chi connectivity index (χ2n) is 2.64. The number of benzene rings is 1. The molecule has 5 N–H and O–H groups in total. The Morgan fingerprint density at radius 3 is 2.00 bits per heavy atom. The van der Waals surface area contributed by atoms with Gasteiger partial charge >= 0.3 is 65.6 Å². The normalized spacial score (nSPS) is 10.1. The molecule has 0 aromatic heterocycles. The van der Waals surface area contributed by atoms with Gasteiger partial charge < -0.3 is 5.73 Å². The van der Waals surface area contributed by atoms with Crippen molar-refractivity contribution in [1.29, 1.82) is 0 Å². The van der Waals surface area contributed by atoms with Crippen LogP contribution >= 0.6 is 0 Å². The van der Waals surface area contributed by atoms with E-state index in [4.69, 9.17) is 13.3 Å². The predicted octanol–water partition coefficient (Wildman–Crippen LogP) is -1.56. The minimum atomic E-state index is -4.90. The van der Waals surface area contributed by atoms with Crippen LogP contribution in [0.2, 0.25) is 0 Å². The van der Waals surface area contributed by atoms with E-state index in [9.17, 15) is 8.53 Å². The number of rotatable bonds is 1. The molecule has 7 heteroatoms. The number of hydrogen-bond acceptors (Lipinski definition) is 3. The van der Waals surface area contributed by atoms with Gasteiger partial charge in [0.05, 0.1) is 0 Å². The molecule has 0 aliphatic rings. The summed E-state index contributed by atoms with van der Waals surface area (Å²) in [5.74, 6) is -0.681. The Morgan fingerprint density at radius 2 is 1.73 bits per heavy atom. The number of phenolic OH excluding ortho intramolecular Hbond substituents is 1. The van der Waals surface area contributed by atoms with E-state index in [1.165, 1.54) is 31.2 Å². The van der Waals surface area contributed by atoms with E-state index in [2.05, 4.69) is 5.73 Å². The Morgan fingerprint density at radius 1 is 1.33 bits per heavy atom. The molecule has 1 aromatic rings. The van der Waals surface area contributed by atoms with Gasteiger partial charge in [-0.1, -0.05) is 0 Å². The summed E-state index contributed by atoms with van der Waals surface area (Å²) >= 11 is -4.90. The molecule has 84 valence electrons. The second-order valence-corrected chi connectivity index (χ2v) is 5.94. The zero-order chi connectivity index (χ0) is 12.1. The number of hydrogen-bond donors (Lipinski definition) is 4. The topological polar surface area (TPSA) is 121 Å². The van der Waals surface area contributed by atoms with Crippen molar-refractivity contribution in [2.75, 3.05) is 0 Å². The number of carbonyl (C=O) groups is 1. The Hall–Kier alpha value is -1.23. The minimum absolute atomic E-state index is 0.273. The number of amides is 1. The third-order valence-electron chi connectivity index (χ3n) is 1.20. The van der Waals surface area contributed by atoms with Gasteiger partial charge in [0, 0.05) is 6.92 Å². The molecule has 1 aromatic carbocycles. The Bertz CT molecular complexity index is 382. The molecule has 0 radical (unpaired) electrons. The van der Waals surface area contributed by atoms with E-state index in [0.717, 1.165) is 0 Å². The van der Waals surface area contributed by atoms with Crippen molar-refractivity contribution < 1.29 is 21.8 Å². The molecule has 0 saturated carbocycles. The quantitative estimate of drug-likeness (QED) is 0.463. The van der Waals surface area contributed by atoms with E-state index < -0.39 is 14.2 Å². The summed E-state index contributed by atoms with van der Waals surface area (Å²) in [6.45, 7) is 1.31. The van der Waals surface area contributed by atoms with Gasteiger partial charge in [-0.05, 0) is 0 Å². The van der Waals surface area contributed by atoms with E-state index in [0.29, 0.717) is 0 Å². The molecule has 0 bridgehead atoms. The zero-order valence-corrected chi connectivity index (χ0v) is 9.87. The first-order valence-electron chi connectivity index (χ1n) is 3.85. The molecule has 0 saturated heterocycles. The Balaban J connectivity index is 0.000000423. The van der Waals surface area contributed by atoms with Gasteiger partial charge in [0.25, 0.3) is 0 Å². The van der Waals surface area contributed by atoms with Crippen LogP contribution < -0.4 is 10.1 Å². The molecule has 1 rings (SSSR count). The van der Waals surface area contributed by atoms with Crippen LogP contribution in [0.15, 0.2) is 24.3 Å². The number of nitrogens with two attached hydrogens (primary N) is 1. The van der Waals surface area contributed by atoms with Crippen molar-refractivity contribution >= 4 is 24.4 Å². The molecule has 0 aliphatic heterocycles. The Kier molecular flexibility index (Phi) is 5.14. The summed E-state index contributed by atoms with van der Waals surface area (Å²) in [5.41, 5.74) is 4.47. The van der Waals surface area contributed by atoms with Gasteiger partial charge in [-0.3, -0.25) is 4.79 Å². The molecular formula is C8H12AsNO5. The number of phenols is 1. The van der Waals surface area contributed by atoms with Crippen LogP contribution in [0, 0.1) is 0 Å². The maximum atomic E-state index is 10.6. The number of primary amides is 1. The first-order valence-corrected chi connectivity index (χ1v) is 7.23. The van der Waals surface area contributed by atoms with Gasteiger partial charge in [0.15, 0.2) is 0 Å². The average Bonchev–Trinajstić information content (AvgIpc) is 2.01. The van der Waals surface area contributed by atoms with Crippen molar-refractivity contribution in [3.05, 3.63) is 24.3 Å². The van der Waals surface area contributed by atoms with E-state index in [1.54, 1.807) is 0 Å². The summed E-state index contributed by atoms with van der Waals surface area (Å²) in [7, 11) is 0. The Labute approximate surface area is 89.3 Å². The molecule has 1 amide bonds. The molecule has 0 unspecified atom stereocenters. The SMILES string of the molecule is CC(N)=O.O=[As](O)(O)c1ccccc1O. The molecule has 15 heavy (non-hydrogen) atoms. The maximum absolute atomic E-state index is 10.6. The van der Waals surface area contributed by atoms with Crippen LogP contribution in [0.1, 0.15) is 6.92 Å². The van der Waals surface area contributed by atoms with Crippen LogP contribution in [0.4, 0.5) is 0 Å². The second kappa shape index (κ2) is 5.60. The molecule has 0 spiro atoms. The summed E-state index contributed by atoms with van der Waals surface area (Å²) in [6.07, 6.45) is 0. The summed E-state index contributed by atoms with van der Waals surface area (Å²) in [5, 5.41) is 8.97. The fourth-order valence-corrected chi connectivity index (χ4v) is 2.08. The van der Waals surface area contributed by atoms with Crippen LogP contribution in [0.3, 0.4) is 0 Å². The summed E-state index contributed by atoms with van der Waals surface area (Å²) in [4.78, 5) is 9.22. The number of carbonyl (C=O) groups excluding carboxylic acids is 1. The number of aromatic hydroxyl groups is 1. The van der Waals surface area contributed by atoms with Gasteiger partial charge in [0.2, 0.25) is 5.91 Å². The predicted molar refractivity (Wildman–Crippen MR) is 53.5 cm³/mol. The molecule has 0 heterocycles. The van der Waals surface area contributed by atoms with Gasteiger partial charge in [-0.15, -0.1) is 0 Å². The first-order chi connectivity index (χ1) is 6.75. The molecule has 6 nitrogen and oxygen atoms in total. The molecule has 0 atom stereocenters. The van der Waals surface area contributed by atoms with Crippen molar-refractivity contribution in [2.45, 2.75) is 6.92 Å². The number of para-hydroxylation sites is 1. The standard InChI is InChI=1S/C6H7AsO4.C2H5NO/c8-6-4-2-1-3-5(6)7(9,10)11;1-2(3)4/h1-4,8H,(H2,9,10,11);1H3,(H2,3,4). The van der Waals surface area contributed by atoms with Gasteiger partial charge in [-0.25, -0.2) is 0 Å². The molecule has 0 aliphatic carbocycles. The van der Waals surface area contributed by atoms with Crippen molar-refractivity contribution in [3.8, 4) is 5.75 Å². The summed E-state index contributed by atoms with van der Waals surface area (Å²) in [6, 6.07) is 5.44. The average molecular weight is 277 g/mol. The van der Waals surface area contributed by atoms with Crippen LogP contribution in [-0.2, 0) is 8.53 Å². The van der Waals surface area contributed by atoms with Crippen molar-refractivity contribution in [2.24, 2.45) is 5.73 Å². The first kappa shape index (κ1) is 13.8. The van der Waals surface area contributed by atoms with Gasteiger partial charge in [0.1, 0.15) is 0 Å². The third kappa shape index (κ3) is 5.95. The van der Waals surface area contributed by atoms with Gasteiger partial charge in [-0.2, -0.15) is 0 Å². The van der Waals surface area contributed by atoms with E-state index in [-0.39, 0.29) is 16.0 Å². The van der Waals surface area contributed by atoms with Crippen molar-refractivity contribution in [1.82, 2.24) is 0 Å². The van der Waals surface area contributed by atoms with E-state index >= 15 is 0 Å². The van der Waals surface area contributed by atoms with Crippen molar-refractivity contribution in [3.63, 3.8) is 0 Å². The van der Waals surface area contributed by atoms with Crippen LogP contribution in [0.5, 0.6) is 5.75 Å². The fourth-order valence-electron chi connectivity index (χ4n) is 0.710. The van der Waals surface area contributed by atoms with Crippen LogP contribution in [-0.4, -0.2) is 33.4 Å². The van der Waals surface area contributed by atoms with Crippen LogP contribution in [0.25, 0.3) is 0 Å². The molecule has 0 fully saturated rings. The molecular weight excluding hydrogens is 265 g/mol. The zero-order valence-electron chi connectivity index (χ0n) is 7.99. The summed E-state index contributed by atoms with van der Waals surface area (Å²) < 4.78 is 27.7. The van der Waals surface area contributed by atoms with E-state index in [1.807, 2.05) is 0 Å².